The first-order valence-electron chi connectivity index (χ1n) is 31.2. The van der Waals surface area contributed by atoms with E-state index in [1.807, 2.05) is 0 Å². The van der Waals surface area contributed by atoms with Crippen molar-refractivity contribution in [1.29, 1.82) is 0 Å². The summed E-state index contributed by atoms with van der Waals surface area (Å²) in [6.07, 6.45) is 4.54. The first kappa shape index (κ1) is 89.4. The second-order valence-corrected chi connectivity index (χ2v) is 34.7. The number of hydrogen-bond donors (Lipinski definition) is 0. The number of halogens is 8. The van der Waals surface area contributed by atoms with Crippen molar-refractivity contribution < 1.29 is 0 Å². The lowest BCUT2D eigenvalue weighted by atomic mass is 10.0. The Hall–Kier alpha value is -0.600. The molecule has 0 aliphatic heterocycles. The molecule has 0 saturated heterocycles. The quantitative estimate of drug-likeness (QED) is 0.101. The molecule has 0 heterocycles. The van der Waals surface area contributed by atoms with E-state index in [9.17, 15) is 0 Å². The Kier molecular flexibility index (Phi) is 47.6. The zero-order chi connectivity index (χ0) is 69.9. The average Bonchev–Trinajstić information content (AvgIpc) is 1.21. The Balaban J connectivity index is 0.000000530. The third-order valence-corrected chi connectivity index (χ3v) is 22.3. The van der Waals surface area contributed by atoms with Gasteiger partial charge in [0.05, 0.1) is 0 Å². The smallest absolute Gasteiger partial charge is 0.0227 e. The van der Waals surface area contributed by atoms with Crippen LogP contribution in [0, 0.1) is 90.9 Å². The van der Waals surface area contributed by atoms with Crippen molar-refractivity contribution in [2.75, 3.05) is 77.0 Å². The van der Waals surface area contributed by atoms with Gasteiger partial charge in [-0.2, -0.15) is 0 Å². The molecule has 0 saturated carbocycles. The molecule has 0 spiro atoms. The standard InChI is InChI=1S/C13H20IN.2C12H18IN.C11H16IN.C9H12IN.C8H9I.2C7H7I/c1-9-6-12(8-11(3)15(4)5)13(14)7-10(9)2;1-9-7-11(5-6-14(3)4)12(13)8-10(9)2;1-9-5-6-12(13)11(7-9)8-10(2)14(3)4;1-9(13(2)3)8-10-4-6-11(12)7-5-10;1-11(2)7-8-3-5-9(10)6-4-8;1-6-3-4-7(2)8(9)5-6;1-6-2-4-7(8)5-3-6;1-6-3-2-4-7(8)5-6/h6-7,11H,8H2,1-5H3;7-8H,5-6H2,1-4H3;5-7,10H,8H2,1-4H3;4-7,9H,8H2,1-3H3;3-6H,7H2,1-2H3;3-5H,1-2H3;2*2-5H,1H3/t11-;;10-;9-;;;;/m1.11..../s1. The van der Waals surface area contributed by atoms with Gasteiger partial charge in [0.1, 0.15) is 0 Å². The number of benzene rings is 8. The highest BCUT2D eigenvalue weighted by molar-refractivity contribution is 14.1. The highest BCUT2D eigenvalue weighted by atomic mass is 127. The van der Waals surface area contributed by atoms with Crippen molar-refractivity contribution in [3.8, 4) is 0 Å². The maximum atomic E-state index is 2.44. The molecule has 0 fully saturated rings. The summed E-state index contributed by atoms with van der Waals surface area (Å²) in [6.45, 7) is 28.2. The predicted molar refractivity (Wildman–Crippen MR) is 476 cm³/mol. The third kappa shape index (κ3) is 41.1. The Labute approximate surface area is 670 Å². The molecule has 0 aliphatic rings. The van der Waals surface area contributed by atoms with Crippen LogP contribution >= 0.6 is 181 Å². The largest absolute Gasteiger partial charge is 0.309 e. The molecule has 0 aliphatic carbocycles. The van der Waals surface area contributed by atoms with Crippen molar-refractivity contribution in [1.82, 2.24) is 24.5 Å². The van der Waals surface area contributed by atoms with Crippen molar-refractivity contribution in [3.63, 3.8) is 0 Å². The van der Waals surface area contributed by atoms with Gasteiger partial charge >= 0.3 is 0 Å². The van der Waals surface area contributed by atoms with E-state index in [1.54, 1.807) is 0 Å². The van der Waals surface area contributed by atoms with E-state index in [0.29, 0.717) is 18.1 Å². The van der Waals surface area contributed by atoms with Crippen molar-refractivity contribution in [3.05, 3.63) is 264 Å². The molecule has 3 atom stereocenters. The molecule has 0 bridgehead atoms. The van der Waals surface area contributed by atoms with Crippen LogP contribution in [0.2, 0.25) is 0 Å². The van der Waals surface area contributed by atoms with Crippen LogP contribution in [0.25, 0.3) is 0 Å². The van der Waals surface area contributed by atoms with Gasteiger partial charge in [0, 0.05) is 59.8 Å². The molecule has 0 amide bonds. The van der Waals surface area contributed by atoms with E-state index in [0.717, 1.165) is 38.8 Å². The minimum atomic E-state index is 0.598. The molecule has 92 heavy (non-hydrogen) atoms. The minimum Gasteiger partial charge on any atom is -0.309 e. The zero-order valence-electron chi connectivity index (χ0n) is 59.2. The summed E-state index contributed by atoms with van der Waals surface area (Å²) in [7, 11) is 21.2. The highest BCUT2D eigenvalue weighted by Crippen LogP contribution is 2.22. The number of hydrogen-bond acceptors (Lipinski definition) is 5. The van der Waals surface area contributed by atoms with Crippen LogP contribution in [-0.2, 0) is 32.2 Å². The Morgan fingerprint density at radius 2 is 0.674 bits per heavy atom. The van der Waals surface area contributed by atoms with Gasteiger partial charge in [-0.3, -0.25) is 0 Å². The van der Waals surface area contributed by atoms with Crippen LogP contribution in [0.1, 0.15) is 98.7 Å². The maximum Gasteiger partial charge on any atom is 0.0227 e. The van der Waals surface area contributed by atoms with Crippen LogP contribution in [0.5, 0.6) is 0 Å². The fraction of sp³-hybridized carbons (Fsp3) is 0.392. The van der Waals surface area contributed by atoms with Gasteiger partial charge in [-0.1, -0.05) is 107 Å². The van der Waals surface area contributed by atoms with Crippen LogP contribution in [-0.4, -0.2) is 120 Å². The van der Waals surface area contributed by atoms with Gasteiger partial charge in [0.25, 0.3) is 0 Å². The summed E-state index contributed by atoms with van der Waals surface area (Å²) in [4.78, 5) is 11.2. The van der Waals surface area contributed by atoms with Crippen molar-refractivity contribution in [2.45, 2.75) is 133 Å². The summed E-state index contributed by atoms with van der Waals surface area (Å²) in [5.74, 6) is 0. The van der Waals surface area contributed by atoms with Crippen molar-refractivity contribution in [2.24, 2.45) is 0 Å². The second-order valence-electron chi connectivity index (χ2n) is 25.1. The number of rotatable bonds is 14. The monoisotopic (exact) mass is 2140 g/mol. The van der Waals surface area contributed by atoms with Crippen molar-refractivity contribution >= 4 is 181 Å². The van der Waals surface area contributed by atoms with E-state index < -0.39 is 0 Å². The van der Waals surface area contributed by atoms with Gasteiger partial charge in [0.2, 0.25) is 0 Å². The molecule has 8 aromatic carbocycles. The summed E-state index contributed by atoms with van der Waals surface area (Å²) >= 11 is 18.9. The zero-order valence-corrected chi connectivity index (χ0v) is 76.5. The lowest BCUT2D eigenvalue weighted by molar-refractivity contribution is 0.312. The fourth-order valence-corrected chi connectivity index (χ4v) is 12.9. The van der Waals surface area contributed by atoms with Gasteiger partial charge in [-0.25, -0.2) is 0 Å². The van der Waals surface area contributed by atoms with E-state index in [2.05, 4.69) is 517 Å². The lowest BCUT2D eigenvalue weighted by Crippen LogP contribution is -2.27. The molecule has 13 heteroatoms. The molecule has 0 radical (unpaired) electrons. The fourth-order valence-electron chi connectivity index (χ4n) is 8.17. The molecule has 8 aromatic rings. The molecular formula is C79H107I8N5. The molecule has 8 rings (SSSR count). The first-order chi connectivity index (χ1) is 43.0. The average molecular weight is 2140 g/mol. The molecular weight excluding hydrogens is 2030 g/mol. The van der Waals surface area contributed by atoms with Crippen LogP contribution in [0.3, 0.4) is 0 Å². The van der Waals surface area contributed by atoms with Crippen LogP contribution in [0.4, 0.5) is 0 Å². The number of aryl methyl sites for hydroxylation is 9. The Morgan fingerprint density at radius 1 is 0.293 bits per heavy atom. The first-order valence-corrected chi connectivity index (χ1v) is 39.8. The summed E-state index contributed by atoms with van der Waals surface area (Å²) in [5.41, 5.74) is 19.5. The molecule has 5 nitrogen and oxygen atoms in total. The molecule has 504 valence electrons. The summed E-state index contributed by atoms with van der Waals surface area (Å²) < 4.78 is 10.7. The molecule has 0 unspecified atom stereocenters. The molecule has 0 N–H and O–H groups in total. The van der Waals surface area contributed by atoms with Crippen LogP contribution < -0.4 is 0 Å². The van der Waals surface area contributed by atoms with Gasteiger partial charge in [-0.15, -0.1) is 0 Å². The van der Waals surface area contributed by atoms with Gasteiger partial charge in [-0.05, 0) is 488 Å². The van der Waals surface area contributed by atoms with E-state index in [-0.39, 0.29) is 0 Å². The van der Waals surface area contributed by atoms with E-state index in [1.165, 1.54) is 106 Å². The topological polar surface area (TPSA) is 16.2 Å². The normalized spacial score (nSPS) is 11.6. The highest BCUT2D eigenvalue weighted by Gasteiger charge is 2.11. The third-order valence-electron chi connectivity index (χ3n) is 15.2. The predicted octanol–water partition coefficient (Wildman–Crippen LogP) is 22.7. The van der Waals surface area contributed by atoms with E-state index in [4.69, 9.17) is 0 Å². The van der Waals surface area contributed by atoms with E-state index >= 15 is 0 Å². The number of nitrogens with zero attached hydrogens (tertiary/aromatic N) is 5. The van der Waals surface area contributed by atoms with Gasteiger partial charge in [0.15, 0.2) is 0 Å². The number of likely N-dealkylation sites (N-methyl/N-ethyl adjacent to an activating group) is 4. The second kappa shape index (κ2) is 49.0. The maximum absolute atomic E-state index is 2.44. The Bertz CT molecular complexity index is 3290. The lowest BCUT2D eigenvalue weighted by Gasteiger charge is -2.21. The molecule has 0 aromatic heterocycles. The van der Waals surface area contributed by atoms with Crippen LogP contribution in [0.15, 0.2) is 158 Å². The minimum absolute atomic E-state index is 0.598. The Morgan fingerprint density at radius 3 is 1.08 bits per heavy atom. The SMILES string of the molecule is CN(C)Cc1ccc(I)cc1.C[C@H](Cc1ccc(I)cc1)N(C)C.Cc1cc(I)c(CCN(C)C)cc1C.Cc1cc(I)c(C[C@@H](C)N(C)C)cc1C.Cc1ccc(C)c(I)c1.Cc1ccc(I)c(C[C@@H](C)N(C)C)c1.Cc1ccc(I)cc1.Cc1cccc(I)c1. The summed E-state index contributed by atoms with van der Waals surface area (Å²) in [6, 6.07) is 58.4. The summed E-state index contributed by atoms with van der Waals surface area (Å²) in [5, 5.41) is 0. The van der Waals surface area contributed by atoms with Gasteiger partial charge < -0.3 is 24.5 Å².